The van der Waals surface area contributed by atoms with Crippen LogP contribution in [0.4, 0.5) is 0 Å². The Morgan fingerprint density at radius 3 is 1.65 bits per heavy atom. The van der Waals surface area contributed by atoms with Crippen molar-refractivity contribution in [2.45, 2.75) is 31.3 Å². The van der Waals surface area contributed by atoms with Gasteiger partial charge in [-0.05, 0) is 0 Å². The Kier molecular flexibility index (Phi) is 19.0. The Bertz CT molecular complexity index is 235. The Hall–Kier alpha value is -1.14. The highest BCUT2D eigenvalue weighted by Crippen LogP contribution is 2.02. The molecule has 0 aliphatic rings. The molecule has 10 nitrogen and oxygen atoms in total. The van der Waals surface area contributed by atoms with E-state index in [-0.39, 0.29) is 6.29 Å². The zero-order valence-electron chi connectivity index (χ0n) is 11.2. The third-order valence-corrected chi connectivity index (χ3v) is 1.59. The highest BCUT2D eigenvalue weighted by molar-refractivity contribution is 5.62. The third-order valence-electron chi connectivity index (χ3n) is 1.59. The van der Waals surface area contributed by atoms with Crippen molar-refractivity contribution >= 4 is 12.3 Å². The molecule has 10 N–H and O–H groups in total. The minimum Gasteiger partial charge on any atom is -0.481 e. The molecular weight excluding hydrogens is 276 g/mol. The van der Waals surface area contributed by atoms with E-state index in [0.717, 1.165) is 6.92 Å². The van der Waals surface area contributed by atoms with Crippen LogP contribution in [0.15, 0.2) is 0 Å². The summed E-state index contributed by atoms with van der Waals surface area (Å²) < 4.78 is 0. The lowest BCUT2D eigenvalue weighted by Crippen LogP contribution is -2.46. The fourth-order valence-corrected chi connectivity index (χ4v) is 0.618. The first-order valence-corrected chi connectivity index (χ1v) is 5.57. The number of aldehydes is 1. The lowest BCUT2D eigenvalue weighted by atomic mass is 10.0. The fourth-order valence-electron chi connectivity index (χ4n) is 0.618. The molecule has 0 bridgehead atoms. The maximum absolute atomic E-state index is 9.90. The summed E-state index contributed by atoms with van der Waals surface area (Å²) in [4.78, 5) is 18.9. The zero-order valence-corrected chi connectivity index (χ0v) is 11.2. The van der Waals surface area contributed by atoms with Gasteiger partial charge in [-0.2, -0.15) is 0 Å². The van der Waals surface area contributed by atoms with E-state index in [9.17, 15) is 4.79 Å². The van der Waals surface area contributed by atoms with Crippen molar-refractivity contribution < 1.29 is 40.2 Å². The normalized spacial score (nSPS) is 15.4. The number of rotatable bonds is 6. The number of carbonyl (C=O) groups is 2. The van der Waals surface area contributed by atoms with Gasteiger partial charge < -0.3 is 46.9 Å². The Morgan fingerprint density at radius 2 is 1.45 bits per heavy atom. The fraction of sp³-hybridized carbons (Fsp3) is 0.800. The van der Waals surface area contributed by atoms with Gasteiger partial charge in [-0.3, -0.25) is 4.79 Å². The highest BCUT2D eigenvalue weighted by atomic mass is 16.4. The molecule has 0 radical (unpaired) electrons. The van der Waals surface area contributed by atoms with Gasteiger partial charge in [0.25, 0.3) is 5.97 Å². The first-order valence-electron chi connectivity index (χ1n) is 5.57. The molecule has 0 fully saturated rings. The molecule has 0 saturated heterocycles. The van der Waals surface area contributed by atoms with Crippen LogP contribution >= 0.6 is 0 Å². The maximum Gasteiger partial charge on any atom is 0.300 e. The molecule has 0 aliphatic carbocycles. The molecular formula is C10H24N2O8. The van der Waals surface area contributed by atoms with Crippen LogP contribution in [0.3, 0.4) is 0 Å². The van der Waals surface area contributed by atoms with Gasteiger partial charge in [0, 0.05) is 20.0 Å². The quantitative estimate of drug-likeness (QED) is 0.221. The van der Waals surface area contributed by atoms with Crippen molar-refractivity contribution in [3.63, 3.8) is 0 Å². The van der Waals surface area contributed by atoms with E-state index in [1.165, 1.54) is 0 Å². The molecule has 0 saturated carbocycles. The predicted molar refractivity (Wildman–Crippen MR) is 68.6 cm³/mol. The molecule has 0 aromatic carbocycles. The van der Waals surface area contributed by atoms with Crippen LogP contribution in [0.1, 0.15) is 6.92 Å². The molecule has 0 amide bonds. The summed E-state index contributed by atoms with van der Waals surface area (Å²) in [5, 5.41) is 51.0. The number of aliphatic hydroxyl groups excluding tert-OH is 5. The lowest BCUT2D eigenvalue weighted by molar-refractivity contribution is -0.136. The van der Waals surface area contributed by atoms with Crippen molar-refractivity contribution in [3.8, 4) is 0 Å². The topological polar surface area (TPSA) is 208 Å². The number of carbonyl (C=O) groups excluding carboxylic acids is 1. The van der Waals surface area contributed by atoms with Crippen LogP contribution in [-0.4, -0.2) is 87.0 Å². The van der Waals surface area contributed by atoms with E-state index >= 15 is 0 Å². The average Bonchev–Trinajstić information content (AvgIpc) is 2.43. The van der Waals surface area contributed by atoms with E-state index in [0.29, 0.717) is 13.1 Å². The molecule has 122 valence electrons. The Balaban J connectivity index is -0.000000297. The number of aliphatic hydroxyl groups is 5. The Labute approximate surface area is 116 Å². The van der Waals surface area contributed by atoms with Crippen LogP contribution in [-0.2, 0) is 9.59 Å². The van der Waals surface area contributed by atoms with Crippen LogP contribution in [0, 0.1) is 0 Å². The molecule has 0 aromatic heterocycles. The van der Waals surface area contributed by atoms with Gasteiger partial charge >= 0.3 is 0 Å². The third kappa shape index (κ3) is 16.9. The molecule has 0 aliphatic heterocycles. The second-order valence-corrected chi connectivity index (χ2v) is 3.45. The largest absolute Gasteiger partial charge is 0.481 e. The second kappa shape index (κ2) is 15.9. The van der Waals surface area contributed by atoms with E-state index in [4.69, 9.17) is 46.9 Å². The number of carboxylic acid groups (broad SMARTS) is 1. The number of nitrogens with two attached hydrogens (primary N) is 2. The number of aliphatic carboxylic acids is 1. The summed E-state index contributed by atoms with van der Waals surface area (Å²) in [6.45, 7) is 1.52. The molecule has 0 spiro atoms. The van der Waals surface area contributed by atoms with Crippen molar-refractivity contribution in [3.05, 3.63) is 0 Å². The van der Waals surface area contributed by atoms with Gasteiger partial charge in [0.05, 0.1) is 6.61 Å². The molecule has 10 heteroatoms. The number of hydrogen-bond acceptors (Lipinski definition) is 9. The summed E-state index contributed by atoms with van der Waals surface area (Å²) in [6.07, 6.45) is -6.84. The minimum absolute atomic E-state index is 0.0258. The van der Waals surface area contributed by atoms with Crippen molar-refractivity contribution in [1.82, 2.24) is 0 Å². The van der Waals surface area contributed by atoms with Gasteiger partial charge in [-0.1, -0.05) is 0 Å². The SMILES string of the molecule is CC(=O)O.NCCN.O=CC(O)C(O)C(O)C(O)CO. The van der Waals surface area contributed by atoms with Gasteiger partial charge in [-0.15, -0.1) is 0 Å². The maximum atomic E-state index is 9.90. The summed E-state index contributed by atoms with van der Waals surface area (Å²) in [5.41, 5.74) is 9.81. The molecule has 20 heavy (non-hydrogen) atoms. The standard InChI is InChI=1S/C6H12O6.C2H8N2.C2H4O2/c7-1-3(9)5(11)6(12)4(10)2-8;3-1-2-4;1-2(3)4/h1,3-6,8-12H,2H2;1-4H2;1H3,(H,3,4). The predicted octanol–water partition coefficient (Wildman–Crippen LogP) is -4.38. The monoisotopic (exact) mass is 300 g/mol. The lowest BCUT2D eigenvalue weighted by Gasteiger charge is -2.22. The molecule has 4 atom stereocenters. The summed E-state index contributed by atoms with van der Waals surface area (Å²) in [7, 11) is 0. The first kappa shape index (κ1) is 23.9. The summed E-state index contributed by atoms with van der Waals surface area (Å²) in [5.74, 6) is -0.833. The van der Waals surface area contributed by atoms with Crippen LogP contribution in [0.2, 0.25) is 0 Å². The smallest absolute Gasteiger partial charge is 0.300 e. The number of carboxylic acids is 1. The van der Waals surface area contributed by atoms with Gasteiger partial charge in [0.15, 0.2) is 6.29 Å². The van der Waals surface area contributed by atoms with Crippen molar-refractivity contribution in [1.29, 1.82) is 0 Å². The Morgan fingerprint density at radius 1 is 1.10 bits per heavy atom. The second-order valence-electron chi connectivity index (χ2n) is 3.45. The van der Waals surface area contributed by atoms with Gasteiger partial charge in [0.2, 0.25) is 0 Å². The summed E-state index contributed by atoms with van der Waals surface area (Å²) >= 11 is 0. The minimum atomic E-state index is -1.79. The van der Waals surface area contributed by atoms with E-state index in [1.807, 2.05) is 0 Å². The van der Waals surface area contributed by atoms with Gasteiger partial charge in [0.1, 0.15) is 24.4 Å². The van der Waals surface area contributed by atoms with E-state index in [2.05, 4.69) is 0 Å². The molecule has 0 aromatic rings. The van der Waals surface area contributed by atoms with Crippen molar-refractivity contribution in [2.75, 3.05) is 19.7 Å². The molecule has 0 rings (SSSR count). The number of hydrogen-bond donors (Lipinski definition) is 8. The molecule has 4 unspecified atom stereocenters. The van der Waals surface area contributed by atoms with E-state index in [1.54, 1.807) is 0 Å². The van der Waals surface area contributed by atoms with Crippen LogP contribution < -0.4 is 11.5 Å². The van der Waals surface area contributed by atoms with Crippen LogP contribution in [0.25, 0.3) is 0 Å². The highest BCUT2D eigenvalue weighted by Gasteiger charge is 2.29. The molecule has 0 heterocycles. The van der Waals surface area contributed by atoms with Crippen LogP contribution in [0.5, 0.6) is 0 Å². The first-order chi connectivity index (χ1) is 9.19. The summed E-state index contributed by atoms with van der Waals surface area (Å²) in [6, 6.07) is 0. The van der Waals surface area contributed by atoms with E-state index < -0.39 is 37.0 Å². The average molecular weight is 300 g/mol. The van der Waals surface area contributed by atoms with Crippen molar-refractivity contribution in [2.24, 2.45) is 11.5 Å². The zero-order chi connectivity index (χ0) is 16.7. The van der Waals surface area contributed by atoms with Gasteiger partial charge in [-0.25, -0.2) is 0 Å².